The number of ether oxygens (including phenoxy) is 4. The Bertz CT molecular complexity index is 537. The lowest BCUT2D eigenvalue weighted by molar-refractivity contribution is -0.288. The molecule has 5 atom stereocenters. The van der Waals surface area contributed by atoms with Gasteiger partial charge in [0.15, 0.2) is 6.10 Å². The molecule has 2 unspecified atom stereocenters. The van der Waals surface area contributed by atoms with Gasteiger partial charge in [-0.05, 0) is 12.1 Å². The highest BCUT2D eigenvalue weighted by molar-refractivity contribution is 7.86. The van der Waals surface area contributed by atoms with Crippen LogP contribution in [-0.2, 0) is 29.7 Å². The molecule has 2 rings (SSSR count). The molecule has 1 N–H and O–H groups in total. The maximum absolute atomic E-state index is 12.8. The summed E-state index contributed by atoms with van der Waals surface area (Å²) < 4.78 is 55.6. The van der Waals surface area contributed by atoms with Crippen LogP contribution in [0.2, 0.25) is 0 Å². The number of hydrogen-bond donors (Lipinski definition) is 1. The summed E-state index contributed by atoms with van der Waals surface area (Å²) in [4.78, 5) is 0.322. The zero-order valence-corrected chi connectivity index (χ0v) is 12.2. The molecule has 0 bridgehead atoms. The van der Waals surface area contributed by atoms with E-state index in [9.17, 15) is 9.32 Å². The summed E-state index contributed by atoms with van der Waals surface area (Å²) in [5.41, 5.74) is 0. The van der Waals surface area contributed by atoms with Crippen LogP contribution in [0.25, 0.3) is 0 Å². The molecular formula is C14H20O6S. The fourth-order valence-electron chi connectivity index (χ4n) is 2.19. The highest BCUT2D eigenvalue weighted by Gasteiger charge is 2.55. The van der Waals surface area contributed by atoms with Crippen molar-refractivity contribution in [1.29, 1.82) is 0 Å². The predicted octanol–water partition coefficient (Wildman–Crippen LogP) is 0.515. The van der Waals surface area contributed by atoms with E-state index in [4.69, 9.17) is 23.1 Å². The lowest BCUT2D eigenvalue weighted by Crippen LogP contribution is -2.64. The fraction of sp³-hybridized carbons (Fsp3) is 0.571. The Morgan fingerprint density at radius 1 is 1.29 bits per heavy atom. The van der Waals surface area contributed by atoms with Gasteiger partial charge in [0.2, 0.25) is 0 Å². The number of methoxy groups -OCH3 is 3. The van der Waals surface area contributed by atoms with Crippen molar-refractivity contribution in [2.45, 2.75) is 28.3 Å². The first-order valence-corrected chi connectivity index (χ1v) is 7.29. The Kier molecular flexibility index (Phi) is 4.20. The molecule has 1 aliphatic heterocycles. The van der Waals surface area contributed by atoms with Gasteiger partial charge in [0, 0.05) is 26.2 Å². The number of rotatable bonds is 5. The molecule has 7 heteroatoms. The first-order valence-electron chi connectivity index (χ1n) is 8.26. The Hall–Kier alpha value is -0.830. The molecule has 1 saturated heterocycles. The first kappa shape index (κ1) is 12.7. The Morgan fingerprint density at radius 2 is 2.00 bits per heavy atom. The van der Waals surface area contributed by atoms with Gasteiger partial charge in [-0.2, -0.15) is 0 Å². The maximum Gasteiger partial charge on any atom is 0.279 e. The van der Waals surface area contributed by atoms with Gasteiger partial charge < -0.3 is 24.1 Å². The van der Waals surface area contributed by atoms with Crippen molar-refractivity contribution in [1.82, 2.24) is 0 Å². The van der Waals surface area contributed by atoms with Crippen molar-refractivity contribution in [3.63, 3.8) is 0 Å². The molecule has 0 radical (unpaired) electrons. The molecule has 0 aromatic heterocycles. The van der Waals surface area contributed by atoms with Crippen LogP contribution in [0.4, 0.5) is 0 Å². The van der Waals surface area contributed by atoms with Gasteiger partial charge in [0.05, 0.1) is 10.7 Å². The van der Waals surface area contributed by atoms with Crippen LogP contribution in [0, 0.1) is 0 Å². The van der Waals surface area contributed by atoms with Gasteiger partial charge >= 0.3 is 0 Å². The van der Waals surface area contributed by atoms with Crippen LogP contribution in [0.15, 0.2) is 35.2 Å². The van der Waals surface area contributed by atoms with Crippen molar-refractivity contribution < 1.29 is 32.4 Å². The van der Waals surface area contributed by atoms with E-state index in [1.54, 1.807) is 30.3 Å². The predicted molar refractivity (Wildman–Crippen MR) is 76.1 cm³/mol. The van der Waals surface area contributed by atoms with E-state index in [0.717, 1.165) is 0 Å². The standard InChI is InChI=1S/C14H20O6S/c1-17-11-9-20-14(15,13(19-3)12(11)18-2)21(16)10-7-5-4-6-8-10/h4-8,11-13,15H,9H2,1-3H3/t11-,12+,13-,14?,21?/m1/s1/i1D,2D,3D. The molecular weight excluding hydrogens is 296 g/mol. The maximum atomic E-state index is 12.8. The van der Waals surface area contributed by atoms with Crippen molar-refractivity contribution in [2.75, 3.05) is 27.9 Å². The van der Waals surface area contributed by atoms with Crippen LogP contribution >= 0.6 is 0 Å². The smallest absolute Gasteiger partial charge is 0.279 e. The van der Waals surface area contributed by atoms with Crippen molar-refractivity contribution in [3.8, 4) is 0 Å². The van der Waals surface area contributed by atoms with E-state index in [0.29, 0.717) is 4.90 Å². The second-order valence-electron chi connectivity index (χ2n) is 4.45. The van der Waals surface area contributed by atoms with Crippen molar-refractivity contribution >= 4 is 10.8 Å². The summed E-state index contributed by atoms with van der Waals surface area (Å²) in [7, 11) is -3.39. The van der Waals surface area contributed by atoms with E-state index in [-0.39, 0.29) is 13.7 Å². The van der Waals surface area contributed by atoms with Crippen molar-refractivity contribution in [3.05, 3.63) is 30.3 Å². The van der Waals surface area contributed by atoms with E-state index in [1.807, 2.05) is 0 Å². The summed E-state index contributed by atoms with van der Waals surface area (Å²) in [5.74, 6) is 0. The van der Waals surface area contributed by atoms with Gasteiger partial charge in [0.1, 0.15) is 23.0 Å². The van der Waals surface area contributed by atoms with Crippen LogP contribution in [-0.4, -0.2) is 60.6 Å². The minimum Gasteiger partial charge on any atom is -0.376 e. The van der Waals surface area contributed by atoms with Gasteiger partial charge in [0.25, 0.3) is 5.12 Å². The molecule has 6 nitrogen and oxygen atoms in total. The number of aliphatic hydroxyl groups is 1. The lowest BCUT2D eigenvalue weighted by atomic mass is 10.0. The number of hydrogen-bond acceptors (Lipinski definition) is 6. The number of benzene rings is 1. The van der Waals surface area contributed by atoms with Gasteiger partial charge in [-0.25, -0.2) is 4.21 Å². The third-order valence-corrected chi connectivity index (χ3v) is 4.87. The SMILES string of the molecule is [2H]CO[C@@H]1[C@@H](OC[2H])C(O)(S(=O)c2ccccc2)OC[C@H]1OC[2H]. The molecule has 1 fully saturated rings. The highest BCUT2D eigenvalue weighted by atomic mass is 32.2. The average molecular weight is 319 g/mol. The summed E-state index contributed by atoms with van der Waals surface area (Å²) in [6.45, 7) is -0.184. The van der Waals surface area contributed by atoms with Crippen molar-refractivity contribution in [2.24, 2.45) is 0 Å². The van der Waals surface area contributed by atoms with Gasteiger partial charge in [-0.3, -0.25) is 0 Å². The normalized spacial score (nSPS) is 36.4. The van der Waals surface area contributed by atoms with Crippen LogP contribution in [0.3, 0.4) is 0 Å². The van der Waals surface area contributed by atoms with Gasteiger partial charge in [-0.15, -0.1) is 0 Å². The molecule has 0 saturated carbocycles. The highest BCUT2D eigenvalue weighted by Crippen LogP contribution is 2.34. The Morgan fingerprint density at radius 3 is 2.67 bits per heavy atom. The average Bonchev–Trinajstić information content (AvgIpc) is 2.61. The second-order valence-corrected chi connectivity index (χ2v) is 6.04. The minimum absolute atomic E-state index is 0.184. The monoisotopic (exact) mass is 319 g/mol. The second kappa shape index (κ2) is 6.95. The molecule has 0 amide bonds. The molecule has 118 valence electrons. The minimum atomic E-state index is -2.26. The zero-order valence-electron chi connectivity index (χ0n) is 14.3. The molecule has 0 aliphatic carbocycles. The Balaban J connectivity index is 2.34. The topological polar surface area (TPSA) is 74.2 Å². The molecule has 1 aromatic carbocycles. The van der Waals surface area contributed by atoms with E-state index < -0.39 is 48.4 Å². The van der Waals surface area contributed by atoms with Crippen LogP contribution in [0.5, 0.6) is 0 Å². The van der Waals surface area contributed by atoms with E-state index in [1.165, 1.54) is 0 Å². The molecule has 1 aromatic rings. The molecule has 0 spiro atoms. The molecule has 1 heterocycles. The van der Waals surface area contributed by atoms with E-state index >= 15 is 0 Å². The summed E-state index contributed by atoms with van der Waals surface area (Å²) in [5, 5.41) is 8.63. The van der Waals surface area contributed by atoms with Gasteiger partial charge in [-0.1, -0.05) is 18.2 Å². The third kappa shape index (κ3) is 3.03. The summed E-state index contributed by atoms with van der Waals surface area (Å²) in [6, 6.07) is 8.23. The van der Waals surface area contributed by atoms with E-state index in [2.05, 4.69) is 0 Å². The van der Waals surface area contributed by atoms with Crippen LogP contribution in [0.1, 0.15) is 4.11 Å². The molecule has 1 aliphatic rings. The quantitative estimate of drug-likeness (QED) is 0.853. The third-order valence-electron chi connectivity index (χ3n) is 3.29. The summed E-state index contributed by atoms with van der Waals surface area (Å²) >= 11 is 0. The largest absolute Gasteiger partial charge is 0.376 e. The lowest BCUT2D eigenvalue weighted by Gasteiger charge is -2.44. The zero-order chi connectivity index (χ0) is 17.6. The molecule has 21 heavy (non-hydrogen) atoms. The Labute approximate surface area is 130 Å². The summed E-state index contributed by atoms with van der Waals surface area (Å²) in [6.07, 6.45) is -3.09. The first-order chi connectivity index (χ1) is 11.6. The fourth-order valence-corrected chi connectivity index (χ4v) is 3.52. The van der Waals surface area contributed by atoms with Crippen LogP contribution < -0.4 is 0 Å².